The van der Waals surface area contributed by atoms with Crippen molar-refractivity contribution in [3.8, 4) is 5.75 Å². The third kappa shape index (κ3) is 2.58. The van der Waals surface area contributed by atoms with Gasteiger partial charge in [0.25, 0.3) is 0 Å². The Hall–Kier alpha value is -1.55. The first kappa shape index (κ1) is 11.9. The van der Waals surface area contributed by atoms with Crippen LogP contribution in [0.1, 0.15) is 30.6 Å². The van der Waals surface area contributed by atoms with E-state index in [1.165, 1.54) is 0 Å². The number of cyclic esters (lactones) is 1. The predicted molar refractivity (Wildman–Crippen MR) is 61.8 cm³/mol. The second-order valence-electron chi connectivity index (χ2n) is 4.26. The molecule has 1 unspecified atom stereocenters. The largest absolute Gasteiger partial charge is 0.478 e. The SMILES string of the molecule is Cc1cc([C@H](C)O)ccc1OC1CCOC1=O. The summed E-state index contributed by atoms with van der Waals surface area (Å²) in [6.45, 7) is 4.03. The lowest BCUT2D eigenvalue weighted by molar-refractivity contribution is -0.143. The number of carbonyl (C=O) groups is 1. The normalized spacial score (nSPS) is 21.1. The Kier molecular flexibility index (Phi) is 3.33. The fourth-order valence-electron chi connectivity index (χ4n) is 1.80. The van der Waals surface area contributed by atoms with Crippen LogP contribution in [0.5, 0.6) is 5.75 Å². The molecule has 2 atom stereocenters. The van der Waals surface area contributed by atoms with Gasteiger partial charge in [0.05, 0.1) is 12.7 Å². The van der Waals surface area contributed by atoms with Gasteiger partial charge in [-0.05, 0) is 37.1 Å². The summed E-state index contributed by atoms with van der Waals surface area (Å²) >= 11 is 0. The number of esters is 1. The van der Waals surface area contributed by atoms with Gasteiger partial charge in [0.15, 0.2) is 6.10 Å². The molecule has 1 aromatic carbocycles. The Bertz CT molecular complexity index is 425. The molecule has 1 fully saturated rings. The maximum atomic E-state index is 11.3. The first-order valence-corrected chi connectivity index (χ1v) is 5.70. The molecule has 17 heavy (non-hydrogen) atoms. The third-order valence-corrected chi connectivity index (χ3v) is 2.84. The molecule has 92 valence electrons. The summed E-state index contributed by atoms with van der Waals surface area (Å²) in [6.07, 6.45) is -0.401. The quantitative estimate of drug-likeness (QED) is 0.812. The van der Waals surface area contributed by atoms with Crippen molar-refractivity contribution in [1.82, 2.24) is 0 Å². The lowest BCUT2D eigenvalue weighted by Gasteiger charge is -2.14. The summed E-state index contributed by atoms with van der Waals surface area (Å²) in [4.78, 5) is 11.3. The van der Waals surface area contributed by atoms with Crippen molar-refractivity contribution >= 4 is 5.97 Å². The number of rotatable bonds is 3. The van der Waals surface area contributed by atoms with E-state index >= 15 is 0 Å². The van der Waals surface area contributed by atoms with E-state index in [1.807, 2.05) is 13.0 Å². The van der Waals surface area contributed by atoms with E-state index < -0.39 is 12.2 Å². The van der Waals surface area contributed by atoms with Crippen molar-refractivity contribution in [2.45, 2.75) is 32.5 Å². The predicted octanol–water partition coefficient (Wildman–Crippen LogP) is 1.74. The van der Waals surface area contributed by atoms with Gasteiger partial charge in [0.1, 0.15) is 5.75 Å². The van der Waals surface area contributed by atoms with Crippen LogP contribution in [0.3, 0.4) is 0 Å². The molecule has 1 aliphatic heterocycles. The molecule has 1 aromatic rings. The van der Waals surface area contributed by atoms with Crippen molar-refractivity contribution in [2.75, 3.05) is 6.61 Å². The highest BCUT2D eigenvalue weighted by atomic mass is 16.6. The van der Waals surface area contributed by atoms with Crippen LogP contribution in [0.25, 0.3) is 0 Å². The van der Waals surface area contributed by atoms with E-state index in [9.17, 15) is 9.90 Å². The highest BCUT2D eigenvalue weighted by molar-refractivity contribution is 5.76. The molecule has 1 aliphatic rings. The van der Waals surface area contributed by atoms with E-state index in [-0.39, 0.29) is 5.97 Å². The van der Waals surface area contributed by atoms with Gasteiger partial charge >= 0.3 is 5.97 Å². The molecule has 4 nitrogen and oxygen atoms in total. The zero-order valence-corrected chi connectivity index (χ0v) is 9.97. The number of aliphatic hydroxyl groups excluding tert-OH is 1. The molecule has 4 heteroatoms. The molecule has 0 spiro atoms. The second-order valence-corrected chi connectivity index (χ2v) is 4.26. The summed E-state index contributed by atoms with van der Waals surface area (Å²) < 4.78 is 10.4. The fourth-order valence-corrected chi connectivity index (χ4v) is 1.80. The van der Waals surface area contributed by atoms with E-state index in [0.29, 0.717) is 18.8 Å². The molecule has 2 rings (SSSR count). The van der Waals surface area contributed by atoms with E-state index in [0.717, 1.165) is 11.1 Å². The van der Waals surface area contributed by atoms with Gasteiger partial charge in [-0.1, -0.05) is 6.07 Å². The molecule has 1 saturated heterocycles. The van der Waals surface area contributed by atoms with Crippen LogP contribution in [0, 0.1) is 6.92 Å². The highest BCUT2D eigenvalue weighted by Gasteiger charge is 2.28. The number of carbonyl (C=O) groups excluding carboxylic acids is 1. The Morgan fingerprint density at radius 2 is 2.29 bits per heavy atom. The summed E-state index contributed by atoms with van der Waals surface area (Å²) in [5, 5.41) is 9.45. The van der Waals surface area contributed by atoms with Gasteiger partial charge in [-0.25, -0.2) is 4.79 Å². The maximum Gasteiger partial charge on any atom is 0.347 e. The molecule has 1 N–H and O–H groups in total. The van der Waals surface area contributed by atoms with Crippen LogP contribution in [-0.4, -0.2) is 23.8 Å². The number of ether oxygens (including phenoxy) is 2. The molecular formula is C13H16O4. The lowest BCUT2D eigenvalue weighted by atomic mass is 10.1. The fraction of sp³-hybridized carbons (Fsp3) is 0.462. The van der Waals surface area contributed by atoms with Crippen LogP contribution in [0.15, 0.2) is 18.2 Å². The van der Waals surface area contributed by atoms with E-state index in [1.54, 1.807) is 19.1 Å². The zero-order valence-electron chi connectivity index (χ0n) is 9.97. The molecule has 0 amide bonds. The minimum Gasteiger partial charge on any atom is -0.478 e. The summed E-state index contributed by atoms with van der Waals surface area (Å²) in [6, 6.07) is 5.44. The van der Waals surface area contributed by atoms with Crippen LogP contribution in [-0.2, 0) is 9.53 Å². The molecule has 1 heterocycles. The molecule has 0 aromatic heterocycles. The minimum atomic E-state index is -0.501. The molecule has 0 radical (unpaired) electrons. The zero-order chi connectivity index (χ0) is 12.4. The molecular weight excluding hydrogens is 220 g/mol. The van der Waals surface area contributed by atoms with Gasteiger partial charge in [-0.15, -0.1) is 0 Å². The average molecular weight is 236 g/mol. The van der Waals surface area contributed by atoms with Gasteiger partial charge in [-0.3, -0.25) is 0 Å². The topological polar surface area (TPSA) is 55.8 Å². The Labute approximate surface area is 100 Å². The van der Waals surface area contributed by atoms with Gasteiger partial charge in [0, 0.05) is 6.42 Å². The average Bonchev–Trinajstić information content (AvgIpc) is 2.67. The van der Waals surface area contributed by atoms with Crippen molar-refractivity contribution < 1.29 is 19.4 Å². The highest BCUT2D eigenvalue weighted by Crippen LogP contribution is 2.25. The minimum absolute atomic E-state index is 0.302. The van der Waals surface area contributed by atoms with Crippen molar-refractivity contribution in [2.24, 2.45) is 0 Å². The maximum absolute atomic E-state index is 11.3. The standard InChI is InChI=1S/C13H16O4/c1-8-7-10(9(2)14)3-4-11(8)17-12-5-6-16-13(12)15/h3-4,7,9,12,14H,5-6H2,1-2H3/t9-,12?/m0/s1. The van der Waals surface area contributed by atoms with Crippen LogP contribution in [0.4, 0.5) is 0 Å². The van der Waals surface area contributed by atoms with Gasteiger partial charge < -0.3 is 14.6 Å². The summed E-state index contributed by atoms with van der Waals surface area (Å²) in [5.41, 5.74) is 1.74. The molecule has 0 bridgehead atoms. The van der Waals surface area contributed by atoms with Crippen LogP contribution >= 0.6 is 0 Å². The first-order chi connectivity index (χ1) is 8.08. The first-order valence-electron chi connectivity index (χ1n) is 5.70. The Morgan fingerprint density at radius 3 is 2.82 bits per heavy atom. The van der Waals surface area contributed by atoms with Crippen LogP contribution in [0.2, 0.25) is 0 Å². The number of hydrogen-bond donors (Lipinski definition) is 1. The summed E-state index contributed by atoms with van der Waals surface area (Å²) in [7, 11) is 0. The molecule has 0 saturated carbocycles. The Morgan fingerprint density at radius 1 is 1.53 bits per heavy atom. The second kappa shape index (κ2) is 4.75. The number of benzene rings is 1. The van der Waals surface area contributed by atoms with Crippen molar-refractivity contribution in [3.05, 3.63) is 29.3 Å². The summed E-state index contributed by atoms with van der Waals surface area (Å²) in [5.74, 6) is 0.363. The van der Waals surface area contributed by atoms with Gasteiger partial charge in [-0.2, -0.15) is 0 Å². The monoisotopic (exact) mass is 236 g/mol. The lowest BCUT2D eigenvalue weighted by Crippen LogP contribution is -2.22. The number of aliphatic hydroxyl groups is 1. The van der Waals surface area contributed by atoms with Crippen LogP contribution < -0.4 is 4.74 Å². The number of hydrogen-bond acceptors (Lipinski definition) is 4. The Balaban J connectivity index is 2.14. The third-order valence-electron chi connectivity index (χ3n) is 2.84. The number of aryl methyl sites for hydroxylation is 1. The van der Waals surface area contributed by atoms with Gasteiger partial charge in [0.2, 0.25) is 0 Å². The van der Waals surface area contributed by atoms with E-state index in [4.69, 9.17) is 9.47 Å². The molecule has 0 aliphatic carbocycles. The van der Waals surface area contributed by atoms with Crippen molar-refractivity contribution in [3.63, 3.8) is 0 Å². The van der Waals surface area contributed by atoms with E-state index in [2.05, 4.69) is 0 Å². The smallest absolute Gasteiger partial charge is 0.347 e. The van der Waals surface area contributed by atoms with Crippen molar-refractivity contribution in [1.29, 1.82) is 0 Å².